The average molecular weight is 295 g/mol. The third-order valence-electron chi connectivity index (χ3n) is 3.87. The maximum atomic E-state index is 13.2. The summed E-state index contributed by atoms with van der Waals surface area (Å²) in [6.07, 6.45) is 1.26. The van der Waals surface area contributed by atoms with E-state index in [1.165, 1.54) is 18.3 Å². The van der Waals surface area contributed by atoms with Gasteiger partial charge in [-0.1, -0.05) is 13.8 Å². The molecule has 0 aliphatic rings. The lowest BCUT2D eigenvalue weighted by Crippen LogP contribution is -2.02. The Morgan fingerprint density at radius 2 is 1.82 bits per heavy atom. The van der Waals surface area contributed by atoms with E-state index in [1.54, 1.807) is 12.1 Å². The van der Waals surface area contributed by atoms with Gasteiger partial charge in [0.1, 0.15) is 5.82 Å². The smallest absolute Gasteiger partial charge is 0.123 e. The summed E-state index contributed by atoms with van der Waals surface area (Å²) in [4.78, 5) is 0. The molecule has 3 aromatic rings. The molecule has 4 heteroatoms. The summed E-state index contributed by atoms with van der Waals surface area (Å²) in [5.41, 5.74) is 10.3. The number of benzene rings is 2. The Kier molecular flexibility index (Phi) is 3.45. The summed E-state index contributed by atoms with van der Waals surface area (Å²) in [6, 6.07) is 12.4. The number of halogens is 1. The minimum absolute atomic E-state index is 0.254. The molecule has 3 nitrogen and oxygen atoms in total. The van der Waals surface area contributed by atoms with Gasteiger partial charge < -0.3 is 15.7 Å². The van der Waals surface area contributed by atoms with Crippen molar-refractivity contribution in [3.05, 3.63) is 59.5 Å². The molecule has 0 unspecified atom stereocenters. The van der Waals surface area contributed by atoms with Crippen LogP contribution >= 0.6 is 0 Å². The molecule has 112 valence electrons. The van der Waals surface area contributed by atoms with E-state index in [0.29, 0.717) is 17.2 Å². The SMILES string of the molecule is CC(C)c1cc2cc(N)c(C=N)cc2n1-c1ccc(F)cc1. The summed E-state index contributed by atoms with van der Waals surface area (Å²) in [6.45, 7) is 4.24. The lowest BCUT2D eigenvalue weighted by Gasteiger charge is -2.14. The van der Waals surface area contributed by atoms with Gasteiger partial charge in [0.15, 0.2) is 0 Å². The van der Waals surface area contributed by atoms with E-state index in [-0.39, 0.29) is 5.82 Å². The number of hydrogen-bond donors (Lipinski definition) is 2. The molecule has 0 fully saturated rings. The van der Waals surface area contributed by atoms with Crippen LogP contribution in [0.2, 0.25) is 0 Å². The second-order valence-corrected chi connectivity index (χ2v) is 5.72. The van der Waals surface area contributed by atoms with Gasteiger partial charge in [-0.3, -0.25) is 0 Å². The molecule has 0 atom stereocenters. The number of rotatable bonds is 3. The van der Waals surface area contributed by atoms with Gasteiger partial charge >= 0.3 is 0 Å². The monoisotopic (exact) mass is 295 g/mol. The van der Waals surface area contributed by atoms with Crippen LogP contribution in [0, 0.1) is 11.2 Å². The summed E-state index contributed by atoms with van der Waals surface area (Å²) in [7, 11) is 0. The topological polar surface area (TPSA) is 54.8 Å². The number of nitrogen functional groups attached to an aromatic ring is 1. The van der Waals surface area contributed by atoms with E-state index in [1.807, 2.05) is 12.1 Å². The van der Waals surface area contributed by atoms with Gasteiger partial charge in [-0.25, -0.2) is 4.39 Å². The normalized spacial score (nSPS) is 11.3. The molecule has 0 aliphatic heterocycles. The van der Waals surface area contributed by atoms with Gasteiger partial charge in [0, 0.05) is 34.2 Å². The zero-order valence-electron chi connectivity index (χ0n) is 12.6. The molecule has 0 amide bonds. The predicted molar refractivity (Wildman–Crippen MR) is 89.6 cm³/mol. The number of hydrogen-bond acceptors (Lipinski definition) is 2. The number of aromatic nitrogens is 1. The second kappa shape index (κ2) is 5.30. The lowest BCUT2D eigenvalue weighted by molar-refractivity contribution is 0.627. The standard InChI is InChI=1S/C18H18FN3/c1-11(2)17-8-12-7-16(21)13(10-20)9-18(12)22(17)15-5-3-14(19)4-6-15/h3-11,20H,21H2,1-2H3. The van der Waals surface area contributed by atoms with Crippen LogP contribution in [0.15, 0.2) is 42.5 Å². The molecule has 1 heterocycles. The van der Waals surface area contributed by atoms with E-state index in [9.17, 15) is 4.39 Å². The molecule has 0 saturated carbocycles. The van der Waals surface area contributed by atoms with Gasteiger partial charge in [0.2, 0.25) is 0 Å². The van der Waals surface area contributed by atoms with Crippen LogP contribution in [-0.4, -0.2) is 10.8 Å². The Labute approximate surface area is 128 Å². The Morgan fingerprint density at radius 3 is 2.41 bits per heavy atom. The Balaban J connectivity index is 2.36. The maximum Gasteiger partial charge on any atom is 0.123 e. The van der Waals surface area contributed by atoms with Crippen LogP contribution in [-0.2, 0) is 0 Å². The first-order valence-corrected chi connectivity index (χ1v) is 7.22. The summed E-state index contributed by atoms with van der Waals surface area (Å²) in [5, 5.41) is 8.51. The van der Waals surface area contributed by atoms with Gasteiger partial charge in [0.25, 0.3) is 0 Å². The van der Waals surface area contributed by atoms with Crippen LogP contribution in [0.25, 0.3) is 16.6 Å². The number of nitrogens with one attached hydrogen (secondary N) is 1. The molecule has 3 N–H and O–H groups in total. The van der Waals surface area contributed by atoms with E-state index in [2.05, 4.69) is 24.5 Å². The van der Waals surface area contributed by atoms with E-state index in [4.69, 9.17) is 11.1 Å². The largest absolute Gasteiger partial charge is 0.398 e. The van der Waals surface area contributed by atoms with Gasteiger partial charge in [-0.15, -0.1) is 0 Å². The van der Waals surface area contributed by atoms with Crippen LogP contribution in [0.3, 0.4) is 0 Å². The minimum atomic E-state index is -0.254. The van der Waals surface area contributed by atoms with Gasteiger partial charge in [-0.05, 0) is 48.4 Å². The van der Waals surface area contributed by atoms with Crippen molar-refractivity contribution in [1.29, 1.82) is 5.41 Å². The minimum Gasteiger partial charge on any atom is -0.398 e. The highest BCUT2D eigenvalue weighted by molar-refractivity contribution is 5.95. The zero-order valence-corrected chi connectivity index (χ0v) is 12.6. The summed E-state index contributed by atoms with van der Waals surface area (Å²) in [5.74, 6) is 0.0536. The van der Waals surface area contributed by atoms with Crippen LogP contribution in [0.4, 0.5) is 10.1 Å². The lowest BCUT2D eigenvalue weighted by atomic mass is 10.1. The highest BCUT2D eigenvalue weighted by atomic mass is 19.1. The van der Waals surface area contributed by atoms with E-state index < -0.39 is 0 Å². The molecule has 0 aliphatic carbocycles. The van der Waals surface area contributed by atoms with E-state index >= 15 is 0 Å². The summed E-state index contributed by atoms with van der Waals surface area (Å²) < 4.78 is 15.3. The molecule has 0 radical (unpaired) electrons. The van der Waals surface area contributed by atoms with Crippen molar-refractivity contribution in [2.24, 2.45) is 0 Å². The van der Waals surface area contributed by atoms with Crippen LogP contribution < -0.4 is 5.73 Å². The number of nitrogens with two attached hydrogens (primary N) is 1. The Hall–Kier alpha value is -2.62. The zero-order chi connectivity index (χ0) is 15.9. The second-order valence-electron chi connectivity index (χ2n) is 5.72. The molecule has 3 rings (SSSR count). The van der Waals surface area contributed by atoms with Crippen molar-refractivity contribution in [2.75, 3.05) is 5.73 Å². The third kappa shape index (κ3) is 2.26. The first-order valence-electron chi connectivity index (χ1n) is 7.22. The van der Waals surface area contributed by atoms with Crippen molar-refractivity contribution in [3.8, 4) is 5.69 Å². The van der Waals surface area contributed by atoms with Crippen molar-refractivity contribution in [3.63, 3.8) is 0 Å². The number of anilines is 1. The number of fused-ring (bicyclic) bond motifs is 1. The first kappa shape index (κ1) is 14.3. The molecule has 2 aromatic carbocycles. The Morgan fingerprint density at radius 1 is 1.14 bits per heavy atom. The van der Waals surface area contributed by atoms with Gasteiger partial charge in [0.05, 0.1) is 5.52 Å². The van der Waals surface area contributed by atoms with Crippen molar-refractivity contribution < 1.29 is 4.39 Å². The third-order valence-corrected chi connectivity index (χ3v) is 3.87. The predicted octanol–water partition coefficient (Wildman–Crippen LogP) is 4.47. The van der Waals surface area contributed by atoms with Gasteiger partial charge in [-0.2, -0.15) is 0 Å². The summed E-state index contributed by atoms with van der Waals surface area (Å²) >= 11 is 0. The molecule has 22 heavy (non-hydrogen) atoms. The van der Waals surface area contributed by atoms with Crippen LogP contribution in [0.1, 0.15) is 31.0 Å². The maximum absolute atomic E-state index is 13.2. The fraction of sp³-hybridized carbons (Fsp3) is 0.167. The fourth-order valence-corrected chi connectivity index (χ4v) is 2.74. The van der Waals surface area contributed by atoms with Crippen LogP contribution in [0.5, 0.6) is 0 Å². The quantitative estimate of drug-likeness (QED) is 0.543. The molecule has 0 spiro atoms. The average Bonchev–Trinajstić information content (AvgIpc) is 2.85. The molecule has 0 saturated heterocycles. The molecular weight excluding hydrogens is 277 g/mol. The first-order chi connectivity index (χ1) is 10.5. The van der Waals surface area contributed by atoms with Crippen molar-refractivity contribution in [1.82, 2.24) is 4.57 Å². The molecule has 0 bridgehead atoms. The highest BCUT2D eigenvalue weighted by Gasteiger charge is 2.15. The highest BCUT2D eigenvalue weighted by Crippen LogP contribution is 2.31. The fourth-order valence-electron chi connectivity index (χ4n) is 2.74. The Bertz CT molecular complexity index is 845. The molecular formula is C18H18FN3. The molecule has 1 aromatic heterocycles. The van der Waals surface area contributed by atoms with Crippen molar-refractivity contribution in [2.45, 2.75) is 19.8 Å². The van der Waals surface area contributed by atoms with E-state index in [0.717, 1.165) is 22.3 Å². The van der Waals surface area contributed by atoms with Crippen molar-refractivity contribution >= 4 is 22.8 Å². The number of nitrogens with zero attached hydrogens (tertiary/aromatic N) is 1.